The molecule has 0 unspecified atom stereocenters. The van der Waals surface area contributed by atoms with Crippen LogP contribution in [0.4, 0.5) is 5.69 Å². The number of nitrogens with one attached hydrogen (secondary N) is 1. The van der Waals surface area contributed by atoms with E-state index in [4.69, 9.17) is 4.74 Å². The van der Waals surface area contributed by atoms with Crippen molar-refractivity contribution >= 4 is 34.9 Å². The number of amides is 1. The second kappa shape index (κ2) is 6.08. The highest BCUT2D eigenvalue weighted by atomic mass is 32.2. The van der Waals surface area contributed by atoms with E-state index >= 15 is 0 Å². The number of anilines is 1. The van der Waals surface area contributed by atoms with Crippen LogP contribution in [0.2, 0.25) is 0 Å². The number of ether oxygens (including phenoxy) is 1. The molecule has 0 bridgehead atoms. The maximum Gasteiger partial charge on any atom is 0.258 e. The highest BCUT2D eigenvalue weighted by molar-refractivity contribution is 7.98. The Bertz CT molecular complexity index is 596. The first-order chi connectivity index (χ1) is 9.15. The summed E-state index contributed by atoms with van der Waals surface area (Å²) in [6, 6.07) is 5.69. The molecule has 0 aliphatic rings. The van der Waals surface area contributed by atoms with Crippen LogP contribution in [0, 0.1) is 6.92 Å². The summed E-state index contributed by atoms with van der Waals surface area (Å²) in [5.41, 5.74) is 2.00. The van der Waals surface area contributed by atoms with Gasteiger partial charge in [-0.25, -0.2) is 0 Å². The van der Waals surface area contributed by atoms with Gasteiger partial charge >= 0.3 is 0 Å². The summed E-state index contributed by atoms with van der Waals surface area (Å²) in [5, 5.41) is 4.59. The number of carbonyl (C=O) groups is 1. The van der Waals surface area contributed by atoms with Gasteiger partial charge in [0.1, 0.15) is 5.75 Å². The lowest BCUT2D eigenvalue weighted by Crippen LogP contribution is -2.13. The molecule has 0 saturated carbocycles. The molecular formula is C13H14N2O2S2. The molecule has 0 aliphatic heterocycles. The summed E-state index contributed by atoms with van der Waals surface area (Å²) < 4.78 is 9.39. The Morgan fingerprint density at radius 3 is 2.84 bits per heavy atom. The molecule has 1 N–H and O–H groups in total. The van der Waals surface area contributed by atoms with Gasteiger partial charge in [0.25, 0.3) is 5.91 Å². The van der Waals surface area contributed by atoms with Gasteiger partial charge in [-0.3, -0.25) is 4.79 Å². The first kappa shape index (κ1) is 13.9. The van der Waals surface area contributed by atoms with E-state index in [1.165, 1.54) is 11.5 Å². The summed E-state index contributed by atoms with van der Waals surface area (Å²) in [6.07, 6.45) is 1.99. The molecule has 2 rings (SSSR count). The molecule has 1 heterocycles. The molecule has 6 heteroatoms. The van der Waals surface area contributed by atoms with Crippen molar-refractivity contribution in [2.24, 2.45) is 0 Å². The summed E-state index contributed by atoms with van der Waals surface area (Å²) in [4.78, 5) is 13.2. The molecule has 19 heavy (non-hydrogen) atoms. The van der Waals surface area contributed by atoms with E-state index in [0.29, 0.717) is 17.0 Å². The normalized spacial score (nSPS) is 10.3. The molecule has 0 fully saturated rings. The summed E-state index contributed by atoms with van der Waals surface area (Å²) in [6.45, 7) is 1.82. The number of methoxy groups -OCH3 is 1. The maximum atomic E-state index is 12.1. The van der Waals surface area contributed by atoms with E-state index < -0.39 is 0 Å². The maximum absolute atomic E-state index is 12.1. The molecule has 1 aromatic carbocycles. The third kappa shape index (κ3) is 3.08. The Morgan fingerprint density at radius 1 is 1.47 bits per heavy atom. The van der Waals surface area contributed by atoms with Crippen LogP contribution in [0.25, 0.3) is 0 Å². The zero-order valence-electron chi connectivity index (χ0n) is 10.9. The highest BCUT2D eigenvalue weighted by Gasteiger charge is 2.13. The fourth-order valence-corrected chi connectivity index (χ4v) is 2.72. The van der Waals surface area contributed by atoms with E-state index in [0.717, 1.165) is 10.6 Å². The average molecular weight is 294 g/mol. The lowest BCUT2D eigenvalue weighted by molar-refractivity contribution is 0.102. The second-order valence-corrected chi connectivity index (χ2v) is 5.34. The van der Waals surface area contributed by atoms with Gasteiger partial charge in [-0.2, -0.15) is 4.37 Å². The van der Waals surface area contributed by atoms with Crippen molar-refractivity contribution in [2.75, 3.05) is 18.7 Å². The van der Waals surface area contributed by atoms with Crippen LogP contribution in [0.5, 0.6) is 5.75 Å². The lowest BCUT2D eigenvalue weighted by atomic mass is 10.2. The number of hydrogen-bond acceptors (Lipinski definition) is 5. The third-order valence-electron chi connectivity index (χ3n) is 2.65. The van der Waals surface area contributed by atoms with Gasteiger partial charge in [-0.05, 0) is 42.9 Å². The summed E-state index contributed by atoms with van der Waals surface area (Å²) >= 11 is 2.90. The topological polar surface area (TPSA) is 51.2 Å². The van der Waals surface area contributed by atoms with Gasteiger partial charge in [0.2, 0.25) is 0 Å². The quantitative estimate of drug-likeness (QED) is 0.878. The SMILES string of the molecule is COc1cc(SC)ccc1NC(=O)c1csnc1C. The average Bonchev–Trinajstić information content (AvgIpc) is 2.85. The molecule has 1 amide bonds. The fraction of sp³-hybridized carbons (Fsp3) is 0.231. The number of carbonyl (C=O) groups excluding carboxylic acids is 1. The molecule has 0 radical (unpaired) electrons. The van der Waals surface area contributed by atoms with E-state index in [9.17, 15) is 4.79 Å². The minimum absolute atomic E-state index is 0.165. The number of thioether (sulfide) groups is 1. The predicted octanol–water partition coefficient (Wildman–Crippen LogP) is 3.43. The van der Waals surface area contributed by atoms with Gasteiger partial charge in [0.05, 0.1) is 24.1 Å². The number of hydrogen-bond donors (Lipinski definition) is 1. The smallest absolute Gasteiger partial charge is 0.258 e. The van der Waals surface area contributed by atoms with Crippen molar-refractivity contribution in [2.45, 2.75) is 11.8 Å². The third-order valence-corrected chi connectivity index (χ3v) is 4.10. The summed E-state index contributed by atoms with van der Waals surface area (Å²) in [5.74, 6) is 0.488. The lowest BCUT2D eigenvalue weighted by Gasteiger charge is -2.11. The Kier molecular flexibility index (Phi) is 4.44. The first-order valence-corrected chi connectivity index (χ1v) is 7.66. The van der Waals surface area contributed by atoms with E-state index in [1.54, 1.807) is 24.3 Å². The zero-order valence-corrected chi connectivity index (χ0v) is 12.5. The van der Waals surface area contributed by atoms with Crippen LogP contribution in [0.1, 0.15) is 16.1 Å². The molecule has 2 aromatic rings. The zero-order chi connectivity index (χ0) is 13.8. The van der Waals surface area contributed by atoms with Crippen molar-refractivity contribution in [3.63, 3.8) is 0 Å². The van der Waals surface area contributed by atoms with Crippen molar-refractivity contribution in [3.8, 4) is 5.75 Å². The molecule has 100 valence electrons. The number of nitrogens with zero attached hydrogens (tertiary/aromatic N) is 1. The Labute approximate surface area is 120 Å². The largest absolute Gasteiger partial charge is 0.495 e. The van der Waals surface area contributed by atoms with E-state index in [2.05, 4.69) is 9.69 Å². The predicted molar refractivity (Wildman–Crippen MR) is 79.6 cm³/mol. The molecule has 0 atom stereocenters. The van der Waals surface area contributed by atoms with Crippen LogP contribution in [0.3, 0.4) is 0 Å². The van der Waals surface area contributed by atoms with E-state index in [1.807, 2.05) is 31.4 Å². The van der Waals surface area contributed by atoms with Crippen molar-refractivity contribution in [1.29, 1.82) is 0 Å². The van der Waals surface area contributed by atoms with Gasteiger partial charge in [-0.15, -0.1) is 11.8 Å². The number of rotatable bonds is 4. The van der Waals surface area contributed by atoms with Crippen molar-refractivity contribution < 1.29 is 9.53 Å². The Hall–Kier alpha value is -1.53. The minimum atomic E-state index is -0.165. The number of benzene rings is 1. The molecular weight excluding hydrogens is 280 g/mol. The van der Waals surface area contributed by atoms with Crippen molar-refractivity contribution in [1.82, 2.24) is 4.37 Å². The standard InChI is InChI=1S/C13H14N2O2S2/c1-8-10(7-19-15-8)13(16)14-11-5-4-9(18-3)6-12(11)17-2/h4-7H,1-3H3,(H,14,16). The van der Waals surface area contributed by atoms with Crippen LogP contribution >= 0.6 is 23.3 Å². The molecule has 4 nitrogen and oxygen atoms in total. The van der Waals surface area contributed by atoms with Gasteiger partial charge in [0, 0.05) is 10.3 Å². The van der Waals surface area contributed by atoms with Gasteiger partial charge < -0.3 is 10.1 Å². The minimum Gasteiger partial charge on any atom is -0.495 e. The number of aromatic nitrogens is 1. The fourth-order valence-electron chi connectivity index (χ4n) is 1.60. The van der Waals surface area contributed by atoms with Crippen LogP contribution in [0.15, 0.2) is 28.5 Å². The van der Waals surface area contributed by atoms with Crippen LogP contribution in [-0.2, 0) is 0 Å². The van der Waals surface area contributed by atoms with Crippen molar-refractivity contribution in [3.05, 3.63) is 34.8 Å². The molecule has 0 saturated heterocycles. The monoisotopic (exact) mass is 294 g/mol. The Morgan fingerprint density at radius 2 is 2.26 bits per heavy atom. The van der Waals surface area contributed by atoms with Gasteiger partial charge in [0.15, 0.2) is 0 Å². The second-order valence-electron chi connectivity index (χ2n) is 3.83. The molecule has 0 spiro atoms. The number of aryl methyl sites for hydroxylation is 1. The van der Waals surface area contributed by atoms with E-state index in [-0.39, 0.29) is 5.91 Å². The van der Waals surface area contributed by atoms with Crippen LogP contribution in [-0.4, -0.2) is 23.6 Å². The molecule has 0 aliphatic carbocycles. The first-order valence-electron chi connectivity index (χ1n) is 5.60. The van der Waals surface area contributed by atoms with Gasteiger partial charge in [-0.1, -0.05) is 0 Å². The Balaban J connectivity index is 2.24. The van der Waals surface area contributed by atoms with Crippen LogP contribution < -0.4 is 10.1 Å². The highest BCUT2D eigenvalue weighted by Crippen LogP contribution is 2.29. The molecule has 1 aromatic heterocycles. The summed E-state index contributed by atoms with van der Waals surface area (Å²) in [7, 11) is 1.59.